The van der Waals surface area contributed by atoms with Gasteiger partial charge in [0.25, 0.3) is 5.91 Å². The van der Waals surface area contributed by atoms with Gasteiger partial charge >= 0.3 is 0 Å². The molecule has 0 unspecified atom stereocenters. The number of carbonyl (C=O) groups is 2. The molecule has 5 heterocycles. The number of anilines is 1. The number of fused-ring (bicyclic) bond motifs is 1. The lowest BCUT2D eigenvalue weighted by atomic mass is 9.85. The first kappa shape index (κ1) is 18.8. The SMILES string of the molecule is CC(=O)N1CC2=C(C1=O)[C@@H](c1cnn3cccnc13)c1cn(C(C)C)c3cccc(c13)N2. The highest BCUT2D eigenvalue weighted by atomic mass is 16.2. The van der Waals surface area contributed by atoms with E-state index in [2.05, 4.69) is 46.1 Å². The first-order chi connectivity index (χ1) is 15.5. The van der Waals surface area contributed by atoms with Crippen LogP contribution in [0.25, 0.3) is 16.6 Å². The highest BCUT2D eigenvalue weighted by Crippen LogP contribution is 2.47. The third-order valence-corrected chi connectivity index (χ3v) is 6.44. The average Bonchev–Trinajstić information content (AvgIpc) is 3.42. The van der Waals surface area contributed by atoms with Crippen molar-refractivity contribution in [1.82, 2.24) is 24.1 Å². The number of carbonyl (C=O) groups excluding carboxylic acids is 2. The Morgan fingerprint density at radius 3 is 2.84 bits per heavy atom. The number of aromatic nitrogens is 4. The van der Waals surface area contributed by atoms with Gasteiger partial charge in [-0.05, 0) is 37.6 Å². The molecule has 8 nitrogen and oxygen atoms in total. The molecule has 0 saturated heterocycles. The van der Waals surface area contributed by atoms with E-state index in [4.69, 9.17) is 0 Å². The minimum atomic E-state index is -0.395. The van der Waals surface area contributed by atoms with Crippen molar-refractivity contribution in [3.8, 4) is 0 Å². The summed E-state index contributed by atoms with van der Waals surface area (Å²) in [7, 11) is 0. The van der Waals surface area contributed by atoms with Crippen LogP contribution in [0.2, 0.25) is 0 Å². The second-order valence-corrected chi connectivity index (χ2v) is 8.63. The second kappa shape index (κ2) is 6.53. The molecule has 32 heavy (non-hydrogen) atoms. The molecule has 1 aromatic carbocycles. The van der Waals surface area contributed by atoms with E-state index in [0.29, 0.717) is 11.2 Å². The van der Waals surface area contributed by atoms with Crippen LogP contribution in [0, 0.1) is 0 Å². The molecule has 3 aromatic heterocycles. The molecule has 0 aliphatic carbocycles. The summed E-state index contributed by atoms with van der Waals surface area (Å²) in [5, 5.41) is 9.07. The van der Waals surface area contributed by atoms with Crippen LogP contribution in [-0.2, 0) is 9.59 Å². The number of hydrogen-bond acceptors (Lipinski definition) is 5. The van der Waals surface area contributed by atoms with Crippen LogP contribution in [0.15, 0.2) is 60.3 Å². The molecule has 1 N–H and O–H groups in total. The fourth-order valence-electron chi connectivity index (χ4n) is 5.03. The third kappa shape index (κ3) is 2.43. The quantitative estimate of drug-likeness (QED) is 0.531. The highest BCUT2D eigenvalue weighted by molar-refractivity contribution is 6.11. The van der Waals surface area contributed by atoms with Gasteiger partial charge in [0.1, 0.15) is 0 Å². The number of amides is 2. The van der Waals surface area contributed by atoms with Crippen molar-refractivity contribution in [2.24, 2.45) is 0 Å². The lowest BCUT2D eigenvalue weighted by molar-refractivity contribution is -0.139. The molecule has 0 bridgehead atoms. The van der Waals surface area contributed by atoms with Gasteiger partial charge in [0.05, 0.1) is 23.8 Å². The van der Waals surface area contributed by atoms with E-state index in [0.717, 1.165) is 33.4 Å². The Labute approximate surface area is 184 Å². The highest BCUT2D eigenvalue weighted by Gasteiger charge is 2.42. The van der Waals surface area contributed by atoms with E-state index in [-0.39, 0.29) is 24.4 Å². The Bertz CT molecular complexity index is 1470. The Hall–Kier alpha value is -3.94. The van der Waals surface area contributed by atoms with Crippen molar-refractivity contribution in [2.75, 3.05) is 11.9 Å². The number of benzene rings is 1. The molecular weight excluding hydrogens is 404 g/mol. The van der Waals surface area contributed by atoms with Crippen molar-refractivity contribution in [3.63, 3.8) is 0 Å². The summed E-state index contributed by atoms with van der Waals surface area (Å²) >= 11 is 0. The fraction of sp³-hybridized carbons (Fsp3) is 0.250. The zero-order valence-electron chi connectivity index (χ0n) is 18.0. The lowest BCUT2D eigenvalue weighted by Crippen LogP contribution is -2.33. The molecule has 1 atom stereocenters. The van der Waals surface area contributed by atoms with Crippen LogP contribution >= 0.6 is 0 Å². The Morgan fingerprint density at radius 1 is 1.22 bits per heavy atom. The first-order valence-corrected chi connectivity index (χ1v) is 10.7. The number of hydrogen-bond donors (Lipinski definition) is 1. The van der Waals surface area contributed by atoms with Crippen LogP contribution in [-0.4, -0.2) is 42.4 Å². The summed E-state index contributed by atoms with van der Waals surface area (Å²) in [5.41, 5.74) is 5.94. The monoisotopic (exact) mass is 426 g/mol. The van der Waals surface area contributed by atoms with Crippen LogP contribution in [0.5, 0.6) is 0 Å². The normalized spacial score (nSPS) is 17.9. The molecule has 160 valence electrons. The number of nitrogens with one attached hydrogen (secondary N) is 1. The number of nitrogens with zero attached hydrogens (tertiary/aromatic N) is 5. The van der Waals surface area contributed by atoms with Crippen LogP contribution in [0.1, 0.15) is 43.9 Å². The third-order valence-electron chi connectivity index (χ3n) is 6.44. The van der Waals surface area contributed by atoms with Crippen molar-refractivity contribution >= 4 is 34.1 Å². The van der Waals surface area contributed by atoms with E-state index in [1.165, 1.54) is 11.8 Å². The summed E-state index contributed by atoms with van der Waals surface area (Å²) in [6.07, 6.45) is 7.49. The second-order valence-electron chi connectivity index (χ2n) is 8.63. The van der Waals surface area contributed by atoms with Gasteiger partial charge in [-0.2, -0.15) is 5.10 Å². The zero-order chi connectivity index (χ0) is 22.1. The molecular formula is C24H22N6O2. The van der Waals surface area contributed by atoms with Crippen LogP contribution < -0.4 is 5.32 Å². The van der Waals surface area contributed by atoms with Crippen molar-refractivity contribution in [3.05, 3.63) is 71.4 Å². The summed E-state index contributed by atoms with van der Waals surface area (Å²) in [6.45, 7) is 5.95. The van der Waals surface area contributed by atoms with Gasteiger partial charge < -0.3 is 9.88 Å². The maximum absolute atomic E-state index is 13.5. The molecule has 2 amide bonds. The van der Waals surface area contributed by atoms with E-state index >= 15 is 0 Å². The summed E-state index contributed by atoms with van der Waals surface area (Å²) in [5.74, 6) is -0.925. The molecule has 4 aromatic rings. The largest absolute Gasteiger partial charge is 0.356 e. The van der Waals surface area contributed by atoms with Crippen molar-refractivity contribution in [2.45, 2.75) is 32.7 Å². The van der Waals surface area contributed by atoms with Gasteiger partial charge in [-0.3, -0.25) is 14.5 Å². The molecule has 0 saturated carbocycles. The van der Waals surface area contributed by atoms with Gasteiger partial charge in [-0.25, -0.2) is 9.50 Å². The van der Waals surface area contributed by atoms with Crippen LogP contribution in [0.3, 0.4) is 0 Å². The van der Waals surface area contributed by atoms with E-state index in [1.807, 2.05) is 24.4 Å². The van der Waals surface area contributed by atoms with Gasteiger partial charge in [0.15, 0.2) is 5.65 Å². The Morgan fingerprint density at radius 2 is 2.06 bits per heavy atom. The molecule has 0 fully saturated rings. The van der Waals surface area contributed by atoms with Crippen molar-refractivity contribution in [1.29, 1.82) is 0 Å². The lowest BCUT2D eigenvalue weighted by Gasteiger charge is -2.18. The first-order valence-electron chi connectivity index (χ1n) is 10.7. The Kier molecular flexibility index (Phi) is 3.83. The molecule has 0 spiro atoms. The predicted molar refractivity (Wildman–Crippen MR) is 120 cm³/mol. The Balaban J connectivity index is 1.70. The van der Waals surface area contributed by atoms with E-state index in [1.54, 1.807) is 16.9 Å². The molecule has 8 heteroatoms. The fourth-order valence-corrected chi connectivity index (χ4v) is 5.03. The minimum Gasteiger partial charge on any atom is -0.356 e. The number of rotatable bonds is 2. The summed E-state index contributed by atoms with van der Waals surface area (Å²) in [4.78, 5) is 31.6. The smallest absolute Gasteiger partial charge is 0.259 e. The molecule has 2 aliphatic heterocycles. The van der Waals surface area contributed by atoms with E-state index < -0.39 is 5.92 Å². The predicted octanol–water partition coefficient (Wildman–Crippen LogP) is 3.47. The maximum atomic E-state index is 13.5. The topological polar surface area (TPSA) is 84.5 Å². The van der Waals surface area contributed by atoms with Gasteiger partial charge in [-0.15, -0.1) is 0 Å². The van der Waals surface area contributed by atoms with Crippen LogP contribution in [0.4, 0.5) is 5.69 Å². The van der Waals surface area contributed by atoms with Crippen molar-refractivity contribution < 1.29 is 9.59 Å². The standard InChI is InChI=1S/C24H22N6O2/c1-13(2)28-11-16-20(15-10-26-30-9-5-8-25-23(15)30)22-18(12-29(14(3)31)24(22)32)27-17-6-4-7-19(28)21(16)17/h4-11,13,20,27H,12H2,1-3H3/t20-/m0/s1. The van der Waals surface area contributed by atoms with E-state index in [9.17, 15) is 9.59 Å². The molecule has 6 rings (SSSR count). The van der Waals surface area contributed by atoms with Gasteiger partial charge in [-0.1, -0.05) is 6.07 Å². The molecule has 2 aliphatic rings. The summed E-state index contributed by atoms with van der Waals surface area (Å²) < 4.78 is 3.95. The number of imide groups is 1. The van der Waals surface area contributed by atoms with Gasteiger partial charge in [0, 0.05) is 59.8 Å². The summed E-state index contributed by atoms with van der Waals surface area (Å²) in [6, 6.07) is 8.22. The average molecular weight is 426 g/mol. The van der Waals surface area contributed by atoms with Gasteiger partial charge in [0.2, 0.25) is 5.91 Å². The molecule has 0 radical (unpaired) electrons. The minimum absolute atomic E-state index is 0.234. The zero-order valence-corrected chi connectivity index (χ0v) is 18.0. The maximum Gasteiger partial charge on any atom is 0.259 e.